The smallest absolute Gasteiger partial charge is 0.289 e. The zero-order valence-electron chi connectivity index (χ0n) is 15.3. The van der Waals surface area contributed by atoms with Crippen molar-refractivity contribution in [2.45, 2.75) is 56.9 Å². The van der Waals surface area contributed by atoms with Gasteiger partial charge in [0.25, 0.3) is 5.91 Å². The van der Waals surface area contributed by atoms with Crippen LogP contribution >= 0.6 is 0 Å². The number of carbonyl (C=O) groups is 2. The number of aromatic nitrogens is 3. The molecular formula is C18H25FN6O2. The molecule has 2 saturated carbocycles. The van der Waals surface area contributed by atoms with Crippen molar-refractivity contribution in [1.82, 2.24) is 29.9 Å². The van der Waals surface area contributed by atoms with Gasteiger partial charge in [0.15, 0.2) is 5.82 Å². The Bertz CT molecular complexity index is 757. The first-order valence-electron chi connectivity index (χ1n) is 10.0. The zero-order chi connectivity index (χ0) is 18.5. The lowest BCUT2D eigenvalue weighted by Gasteiger charge is -2.45. The normalized spacial score (nSPS) is 30.7. The molecule has 2 aliphatic heterocycles. The first kappa shape index (κ1) is 17.1. The SMILES string of the molecule is O=C(NC1CCC1)c1nnc2n1CCN1CCN(C(=O)C3CC(F)C3)C[C@@H]21. The topological polar surface area (TPSA) is 83.4 Å². The Balaban J connectivity index is 1.31. The molecule has 0 radical (unpaired) electrons. The van der Waals surface area contributed by atoms with Crippen molar-refractivity contribution in [3.63, 3.8) is 0 Å². The molecular weight excluding hydrogens is 351 g/mol. The van der Waals surface area contributed by atoms with Gasteiger partial charge in [-0.05, 0) is 32.1 Å². The molecule has 3 fully saturated rings. The van der Waals surface area contributed by atoms with Crippen LogP contribution in [-0.4, -0.2) is 74.8 Å². The minimum Gasteiger partial charge on any atom is -0.347 e. The number of fused-ring (bicyclic) bond motifs is 3. The quantitative estimate of drug-likeness (QED) is 0.831. The molecule has 9 heteroatoms. The largest absolute Gasteiger partial charge is 0.347 e. The lowest BCUT2D eigenvalue weighted by atomic mass is 9.82. The molecule has 0 spiro atoms. The molecule has 1 aromatic heterocycles. The number of amides is 2. The van der Waals surface area contributed by atoms with Gasteiger partial charge in [0.2, 0.25) is 11.7 Å². The molecule has 0 unspecified atom stereocenters. The fraction of sp³-hybridized carbons (Fsp3) is 0.778. The summed E-state index contributed by atoms with van der Waals surface area (Å²) in [6, 6.07) is 0.214. The van der Waals surface area contributed by atoms with Crippen LogP contribution in [0.1, 0.15) is 54.6 Å². The zero-order valence-corrected chi connectivity index (χ0v) is 15.3. The number of rotatable bonds is 3. The van der Waals surface area contributed by atoms with Gasteiger partial charge in [-0.25, -0.2) is 4.39 Å². The minimum absolute atomic E-state index is 0.0459. The third-order valence-corrected chi connectivity index (χ3v) is 6.56. The Morgan fingerprint density at radius 2 is 1.85 bits per heavy atom. The van der Waals surface area contributed by atoms with E-state index in [1.807, 2.05) is 9.47 Å². The van der Waals surface area contributed by atoms with E-state index < -0.39 is 6.17 Å². The molecule has 1 N–H and O–H groups in total. The van der Waals surface area contributed by atoms with E-state index in [2.05, 4.69) is 20.4 Å². The van der Waals surface area contributed by atoms with Crippen LogP contribution in [0.15, 0.2) is 0 Å². The third kappa shape index (κ3) is 2.92. The van der Waals surface area contributed by atoms with Crippen LogP contribution < -0.4 is 5.32 Å². The molecule has 4 aliphatic rings. The summed E-state index contributed by atoms with van der Waals surface area (Å²) in [4.78, 5) is 29.3. The maximum atomic E-state index is 13.1. The maximum absolute atomic E-state index is 13.1. The van der Waals surface area contributed by atoms with Crippen molar-refractivity contribution in [2.75, 3.05) is 26.2 Å². The monoisotopic (exact) mass is 376 g/mol. The van der Waals surface area contributed by atoms with Gasteiger partial charge in [0.1, 0.15) is 6.17 Å². The highest BCUT2D eigenvalue weighted by molar-refractivity contribution is 5.91. The van der Waals surface area contributed by atoms with E-state index >= 15 is 0 Å². The van der Waals surface area contributed by atoms with E-state index in [0.717, 1.165) is 38.2 Å². The highest BCUT2D eigenvalue weighted by Crippen LogP contribution is 2.34. The van der Waals surface area contributed by atoms with Crippen molar-refractivity contribution in [3.8, 4) is 0 Å². The highest BCUT2D eigenvalue weighted by Gasteiger charge is 2.42. The van der Waals surface area contributed by atoms with Gasteiger partial charge in [0, 0.05) is 44.7 Å². The molecule has 1 saturated heterocycles. The summed E-state index contributed by atoms with van der Waals surface area (Å²) < 4.78 is 15.0. The molecule has 1 atom stereocenters. The number of hydrogen-bond acceptors (Lipinski definition) is 5. The predicted molar refractivity (Wildman–Crippen MR) is 93.6 cm³/mol. The summed E-state index contributed by atoms with van der Waals surface area (Å²) in [7, 11) is 0. The molecule has 0 bridgehead atoms. The molecule has 5 rings (SSSR count). The molecule has 8 nitrogen and oxygen atoms in total. The predicted octanol–water partition coefficient (Wildman–Crippen LogP) is 0.507. The van der Waals surface area contributed by atoms with Crippen LogP contribution in [0.4, 0.5) is 4.39 Å². The number of nitrogens with zero attached hydrogens (tertiary/aromatic N) is 5. The van der Waals surface area contributed by atoms with Crippen LogP contribution in [0, 0.1) is 5.92 Å². The molecule has 0 aromatic carbocycles. The summed E-state index contributed by atoms with van der Waals surface area (Å²) >= 11 is 0. The van der Waals surface area contributed by atoms with E-state index in [0.29, 0.717) is 38.3 Å². The van der Waals surface area contributed by atoms with Crippen LogP contribution in [0.5, 0.6) is 0 Å². The Labute approximate surface area is 157 Å². The first-order chi connectivity index (χ1) is 13.1. The molecule has 2 aliphatic carbocycles. The number of hydrogen-bond donors (Lipinski definition) is 1. The van der Waals surface area contributed by atoms with Crippen LogP contribution in [0.3, 0.4) is 0 Å². The van der Waals surface area contributed by atoms with Gasteiger partial charge in [0.05, 0.1) is 6.04 Å². The van der Waals surface area contributed by atoms with Crippen molar-refractivity contribution >= 4 is 11.8 Å². The third-order valence-electron chi connectivity index (χ3n) is 6.56. The van der Waals surface area contributed by atoms with Crippen molar-refractivity contribution in [2.24, 2.45) is 5.92 Å². The average Bonchev–Trinajstić information content (AvgIpc) is 3.05. The van der Waals surface area contributed by atoms with Gasteiger partial charge in [-0.3, -0.25) is 14.5 Å². The number of carbonyl (C=O) groups excluding carboxylic acids is 2. The Kier molecular flexibility index (Phi) is 4.14. The van der Waals surface area contributed by atoms with Crippen molar-refractivity contribution in [3.05, 3.63) is 11.6 Å². The van der Waals surface area contributed by atoms with Crippen LogP contribution in [-0.2, 0) is 11.3 Å². The summed E-state index contributed by atoms with van der Waals surface area (Å²) in [6.07, 6.45) is 3.10. The second kappa shape index (κ2) is 6.54. The van der Waals surface area contributed by atoms with Crippen LogP contribution in [0.25, 0.3) is 0 Å². The second-order valence-corrected chi connectivity index (χ2v) is 8.24. The van der Waals surface area contributed by atoms with E-state index in [-0.39, 0.29) is 29.8 Å². The number of halogens is 1. The van der Waals surface area contributed by atoms with Gasteiger partial charge in [-0.1, -0.05) is 0 Å². The minimum atomic E-state index is -0.824. The van der Waals surface area contributed by atoms with E-state index in [1.165, 1.54) is 0 Å². The fourth-order valence-corrected chi connectivity index (χ4v) is 4.52. The van der Waals surface area contributed by atoms with E-state index in [4.69, 9.17) is 0 Å². The van der Waals surface area contributed by atoms with Crippen molar-refractivity contribution in [1.29, 1.82) is 0 Å². The lowest BCUT2D eigenvalue weighted by Crippen LogP contribution is -2.56. The fourth-order valence-electron chi connectivity index (χ4n) is 4.52. The lowest BCUT2D eigenvalue weighted by molar-refractivity contribution is -0.144. The molecule has 27 heavy (non-hydrogen) atoms. The molecule has 3 heterocycles. The second-order valence-electron chi connectivity index (χ2n) is 8.24. The number of piperazine rings is 1. The Morgan fingerprint density at radius 3 is 2.56 bits per heavy atom. The Morgan fingerprint density at radius 1 is 1.07 bits per heavy atom. The van der Waals surface area contributed by atoms with E-state index in [9.17, 15) is 14.0 Å². The molecule has 1 aromatic rings. The summed E-state index contributed by atoms with van der Waals surface area (Å²) in [5, 5.41) is 11.5. The molecule has 2 amide bonds. The van der Waals surface area contributed by atoms with Crippen molar-refractivity contribution < 1.29 is 14.0 Å². The summed E-state index contributed by atoms with van der Waals surface area (Å²) in [5.74, 6) is 0.868. The van der Waals surface area contributed by atoms with Gasteiger partial charge >= 0.3 is 0 Å². The van der Waals surface area contributed by atoms with Gasteiger partial charge < -0.3 is 14.8 Å². The summed E-state index contributed by atoms with van der Waals surface area (Å²) in [6.45, 7) is 3.49. The van der Waals surface area contributed by atoms with Gasteiger partial charge in [-0.15, -0.1) is 10.2 Å². The molecule has 146 valence electrons. The maximum Gasteiger partial charge on any atom is 0.289 e. The first-order valence-corrected chi connectivity index (χ1v) is 10.0. The number of alkyl halides is 1. The summed E-state index contributed by atoms with van der Waals surface area (Å²) in [5.41, 5.74) is 0. The standard InChI is InChI=1S/C18H25FN6O2/c19-12-8-11(9-12)18(27)24-5-4-23-6-7-25-15(14(23)10-24)21-22-16(25)17(26)20-13-2-1-3-13/h11-14H,1-10H2,(H,20,26)/t11?,12?,14-/m0/s1. The van der Waals surface area contributed by atoms with E-state index in [1.54, 1.807) is 0 Å². The van der Waals surface area contributed by atoms with Gasteiger partial charge in [-0.2, -0.15) is 0 Å². The Hall–Kier alpha value is -2.03. The average molecular weight is 376 g/mol. The van der Waals surface area contributed by atoms with Crippen LogP contribution in [0.2, 0.25) is 0 Å². The highest BCUT2D eigenvalue weighted by atomic mass is 19.1. The number of nitrogens with one attached hydrogen (secondary N) is 1.